The minimum atomic E-state index is -0.281. The summed E-state index contributed by atoms with van der Waals surface area (Å²) < 4.78 is 38.1. The van der Waals surface area contributed by atoms with Crippen LogP contribution < -0.4 is 19.5 Å². The summed E-state index contributed by atoms with van der Waals surface area (Å²) in [5.74, 6) is 2.56. The van der Waals surface area contributed by atoms with Crippen LogP contribution in [0, 0.1) is 5.82 Å². The number of anilines is 1. The van der Waals surface area contributed by atoms with Gasteiger partial charge in [-0.1, -0.05) is 24.3 Å². The second-order valence-corrected chi connectivity index (χ2v) is 12.5. The lowest BCUT2D eigenvalue weighted by Gasteiger charge is -2.34. The molecule has 5 aromatic rings. The Morgan fingerprint density at radius 2 is 1.71 bits per heavy atom. The van der Waals surface area contributed by atoms with Crippen molar-refractivity contribution >= 4 is 22.9 Å². The molecule has 0 bridgehead atoms. The number of furan rings is 1. The normalized spacial score (nSPS) is 14.5. The van der Waals surface area contributed by atoms with Crippen LogP contribution in [0.3, 0.4) is 0 Å². The molecule has 258 valence electrons. The van der Waals surface area contributed by atoms with Crippen LogP contribution in [0.4, 0.5) is 10.3 Å². The molecule has 2 aromatic heterocycles. The molecule has 3 heterocycles. The predicted molar refractivity (Wildman–Crippen MR) is 187 cm³/mol. The van der Waals surface area contributed by atoms with Gasteiger partial charge in [-0.05, 0) is 79.9 Å². The molecule has 1 N–H and O–H groups in total. The number of halogens is 1. The van der Waals surface area contributed by atoms with Crippen LogP contribution in [0.15, 0.2) is 83.5 Å². The zero-order valence-corrected chi connectivity index (χ0v) is 28.5. The van der Waals surface area contributed by atoms with E-state index in [9.17, 15) is 9.18 Å². The van der Waals surface area contributed by atoms with E-state index in [4.69, 9.17) is 23.6 Å². The number of likely N-dealkylation sites (tertiary alicyclic amines) is 1. The van der Waals surface area contributed by atoms with Crippen LogP contribution in [0.2, 0.25) is 0 Å². The van der Waals surface area contributed by atoms with E-state index in [0.29, 0.717) is 41.9 Å². The van der Waals surface area contributed by atoms with Crippen molar-refractivity contribution < 1.29 is 27.8 Å². The van der Waals surface area contributed by atoms with Gasteiger partial charge >= 0.3 is 0 Å². The molecule has 49 heavy (non-hydrogen) atoms. The molecule has 10 nitrogen and oxygen atoms in total. The van der Waals surface area contributed by atoms with Crippen LogP contribution >= 0.6 is 0 Å². The number of imidazole rings is 1. The van der Waals surface area contributed by atoms with Gasteiger partial charge in [-0.2, -0.15) is 0 Å². The van der Waals surface area contributed by atoms with Gasteiger partial charge in [-0.15, -0.1) is 0 Å². The van der Waals surface area contributed by atoms with Gasteiger partial charge in [0.05, 0.1) is 45.2 Å². The van der Waals surface area contributed by atoms with E-state index in [1.165, 1.54) is 33.5 Å². The first-order chi connectivity index (χ1) is 23.9. The van der Waals surface area contributed by atoms with Crippen LogP contribution in [-0.2, 0) is 6.54 Å². The number of rotatable bonds is 14. The highest BCUT2D eigenvalue weighted by molar-refractivity contribution is 5.95. The fourth-order valence-electron chi connectivity index (χ4n) is 6.66. The summed E-state index contributed by atoms with van der Waals surface area (Å²) in [6.45, 7) is 3.80. The van der Waals surface area contributed by atoms with Crippen molar-refractivity contribution in [1.82, 2.24) is 19.4 Å². The molecule has 1 saturated heterocycles. The number of piperidine rings is 1. The van der Waals surface area contributed by atoms with Crippen molar-refractivity contribution in [3.05, 3.63) is 102 Å². The summed E-state index contributed by atoms with van der Waals surface area (Å²) in [7, 11) is 6.37. The van der Waals surface area contributed by atoms with Crippen LogP contribution in [0.1, 0.15) is 46.9 Å². The zero-order chi connectivity index (χ0) is 34.3. The third kappa shape index (κ3) is 7.83. The minimum absolute atomic E-state index is 0.00828. The highest BCUT2D eigenvalue weighted by atomic mass is 19.1. The Morgan fingerprint density at radius 3 is 2.37 bits per heavy atom. The molecule has 0 saturated carbocycles. The summed E-state index contributed by atoms with van der Waals surface area (Å²) in [6.07, 6.45) is 4.47. The highest BCUT2D eigenvalue weighted by Gasteiger charge is 2.25. The number of likely N-dealkylation sites (N-methyl/N-ethyl adjacent to an activating group) is 1. The molecule has 1 amide bonds. The smallest absolute Gasteiger partial charge is 0.253 e. The zero-order valence-electron chi connectivity index (χ0n) is 28.5. The monoisotopic (exact) mass is 669 g/mol. The predicted octanol–water partition coefficient (Wildman–Crippen LogP) is 6.66. The van der Waals surface area contributed by atoms with E-state index in [2.05, 4.69) is 20.9 Å². The van der Waals surface area contributed by atoms with Crippen LogP contribution in [0.25, 0.3) is 11.0 Å². The topological polar surface area (TPSA) is 94.2 Å². The second-order valence-electron chi connectivity index (χ2n) is 12.5. The maximum atomic E-state index is 13.9. The number of carbonyl (C=O) groups is 1. The van der Waals surface area contributed by atoms with Crippen molar-refractivity contribution in [3.63, 3.8) is 0 Å². The lowest BCUT2D eigenvalue weighted by Crippen LogP contribution is -2.40. The summed E-state index contributed by atoms with van der Waals surface area (Å²) in [5, 5.41) is 3.72. The number of amides is 1. The molecule has 1 aliphatic heterocycles. The Hall–Kier alpha value is -5.03. The van der Waals surface area contributed by atoms with Gasteiger partial charge in [-0.3, -0.25) is 4.79 Å². The Kier molecular flexibility index (Phi) is 10.7. The average Bonchev–Trinajstić information content (AvgIpc) is 3.78. The lowest BCUT2D eigenvalue weighted by molar-refractivity contribution is 0.0781. The molecule has 0 spiro atoms. The molecule has 0 aliphatic carbocycles. The third-order valence-electron chi connectivity index (χ3n) is 9.36. The van der Waals surface area contributed by atoms with Crippen molar-refractivity contribution in [3.8, 4) is 17.2 Å². The highest BCUT2D eigenvalue weighted by Crippen LogP contribution is 2.38. The van der Waals surface area contributed by atoms with Crippen LogP contribution in [0.5, 0.6) is 17.2 Å². The van der Waals surface area contributed by atoms with Crippen molar-refractivity contribution in [1.29, 1.82) is 0 Å². The largest absolute Gasteiger partial charge is 0.493 e. The Balaban J connectivity index is 1.09. The molecule has 3 aromatic carbocycles. The van der Waals surface area contributed by atoms with E-state index in [1.54, 1.807) is 30.3 Å². The van der Waals surface area contributed by atoms with E-state index >= 15 is 0 Å². The summed E-state index contributed by atoms with van der Waals surface area (Å²) >= 11 is 0. The molecule has 6 rings (SSSR count). The number of carbonyl (C=O) groups excluding carboxylic acids is 1. The molecule has 0 radical (unpaired) electrons. The summed E-state index contributed by atoms with van der Waals surface area (Å²) in [4.78, 5) is 22.7. The third-order valence-corrected chi connectivity index (χ3v) is 9.36. The van der Waals surface area contributed by atoms with E-state index < -0.39 is 0 Å². The summed E-state index contributed by atoms with van der Waals surface area (Å²) in [5.41, 5.74) is 3.45. The second kappa shape index (κ2) is 15.5. The standard InChI is InChI=1S/C38H44FN5O5/c1-42(37(45)28-22-34(46-2)36(48-4)35(23-28)47-3)24-27(26-11-13-29(39)14-12-26)15-18-43-19-16-30(17-20-43)40-38-41-32-9-5-6-10-33(32)44(38)25-31-8-7-21-49-31/h5-14,21-23,27,30H,15-20,24-25H2,1-4H3,(H,40,41). The van der Waals surface area contributed by atoms with E-state index in [1.807, 2.05) is 42.5 Å². The number of methoxy groups -OCH3 is 3. The number of hydrogen-bond acceptors (Lipinski definition) is 8. The Bertz CT molecular complexity index is 1810. The number of nitrogens with zero attached hydrogens (tertiary/aromatic N) is 4. The lowest BCUT2D eigenvalue weighted by atomic mass is 9.94. The maximum Gasteiger partial charge on any atom is 0.253 e. The molecule has 1 unspecified atom stereocenters. The van der Waals surface area contributed by atoms with E-state index in [0.717, 1.165) is 67.2 Å². The molecule has 11 heteroatoms. The number of hydrogen-bond donors (Lipinski definition) is 1. The fourth-order valence-corrected chi connectivity index (χ4v) is 6.66. The fraction of sp³-hybridized carbons (Fsp3) is 0.368. The maximum absolute atomic E-state index is 13.9. The van der Waals surface area contributed by atoms with Gasteiger partial charge < -0.3 is 38.3 Å². The first-order valence-electron chi connectivity index (χ1n) is 16.6. The van der Waals surface area contributed by atoms with Gasteiger partial charge in [-0.25, -0.2) is 9.37 Å². The Labute approximate surface area is 286 Å². The first-order valence-corrected chi connectivity index (χ1v) is 16.6. The SMILES string of the molecule is COc1cc(C(=O)N(C)CC(CCN2CCC(Nc3nc4ccccc4n3Cc3ccco3)CC2)c2ccc(F)cc2)cc(OC)c1OC. The van der Waals surface area contributed by atoms with Gasteiger partial charge in [0.1, 0.15) is 11.6 Å². The molecule has 1 aliphatic rings. The number of nitrogens with one attached hydrogen (secondary N) is 1. The summed E-state index contributed by atoms with van der Waals surface area (Å²) in [6, 6.07) is 22.3. The van der Waals surface area contributed by atoms with Gasteiger partial charge in [0.2, 0.25) is 11.7 Å². The van der Waals surface area contributed by atoms with Crippen LogP contribution in [-0.4, -0.2) is 85.9 Å². The number of ether oxygens (including phenoxy) is 3. The molecular weight excluding hydrogens is 625 g/mol. The number of fused-ring (bicyclic) bond motifs is 1. The number of para-hydroxylation sites is 2. The molecule has 1 atom stereocenters. The van der Waals surface area contributed by atoms with Crippen molar-refractivity contribution in [2.24, 2.45) is 0 Å². The van der Waals surface area contributed by atoms with Gasteiger partial charge in [0.15, 0.2) is 11.5 Å². The number of benzene rings is 3. The molecule has 1 fully saturated rings. The Morgan fingerprint density at radius 1 is 1.00 bits per heavy atom. The van der Waals surface area contributed by atoms with Gasteiger partial charge in [0, 0.05) is 44.2 Å². The van der Waals surface area contributed by atoms with Gasteiger partial charge in [0.25, 0.3) is 5.91 Å². The number of aromatic nitrogens is 2. The molecular formula is C38H44FN5O5. The minimum Gasteiger partial charge on any atom is -0.493 e. The quantitative estimate of drug-likeness (QED) is 0.140. The van der Waals surface area contributed by atoms with E-state index in [-0.39, 0.29) is 17.6 Å². The first kappa shape index (κ1) is 33.9. The van der Waals surface area contributed by atoms with Crippen molar-refractivity contribution in [2.75, 3.05) is 59.9 Å². The average molecular weight is 670 g/mol. The van der Waals surface area contributed by atoms with Crippen molar-refractivity contribution in [2.45, 2.75) is 37.8 Å².